The third kappa shape index (κ3) is 3.29. The summed E-state index contributed by atoms with van der Waals surface area (Å²) in [7, 11) is 0. The lowest BCUT2D eigenvalue weighted by molar-refractivity contribution is -0.118. The van der Waals surface area contributed by atoms with Crippen LogP contribution in [0.3, 0.4) is 0 Å². The van der Waals surface area contributed by atoms with Crippen molar-refractivity contribution in [3.63, 3.8) is 0 Å². The molecule has 0 aliphatic carbocycles. The van der Waals surface area contributed by atoms with E-state index in [4.69, 9.17) is 0 Å². The number of aryl methyl sites for hydroxylation is 2. The molecule has 0 amide bonds. The summed E-state index contributed by atoms with van der Waals surface area (Å²) < 4.78 is 2.01. The van der Waals surface area contributed by atoms with Gasteiger partial charge >= 0.3 is 0 Å². The summed E-state index contributed by atoms with van der Waals surface area (Å²) in [6, 6.07) is 10.1. The van der Waals surface area contributed by atoms with Crippen molar-refractivity contribution in [3.05, 3.63) is 54.1 Å². The quantitative estimate of drug-likeness (QED) is 0.780. The fourth-order valence-corrected chi connectivity index (χ4v) is 1.99. The van der Waals surface area contributed by atoms with E-state index in [1.165, 1.54) is 5.56 Å². The minimum atomic E-state index is 0.250. The smallest absolute Gasteiger partial charge is 0.140 e. The monoisotopic (exact) mass is 242 g/mol. The van der Waals surface area contributed by atoms with Crippen molar-refractivity contribution in [2.45, 2.75) is 32.7 Å². The van der Waals surface area contributed by atoms with E-state index in [1.54, 1.807) is 6.20 Å². The molecular formula is C15H18N2O. The summed E-state index contributed by atoms with van der Waals surface area (Å²) in [5.41, 5.74) is 1.21. The Kier molecular flexibility index (Phi) is 4.29. The molecule has 0 aliphatic rings. The topological polar surface area (TPSA) is 34.9 Å². The first-order valence-corrected chi connectivity index (χ1v) is 6.35. The van der Waals surface area contributed by atoms with Gasteiger partial charge in [0.05, 0.1) is 6.42 Å². The van der Waals surface area contributed by atoms with Gasteiger partial charge in [0.2, 0.25) is 0 Å². The first kappa shape index (κ1) is 12.6. The summed E-state index contributed by atoms with van der Waals surface area (Å²) in [5, 5.41) is 0. The summed E-state index contributed by atoms with van der Waals surface area (Å²) >= 11 is 0. The average Bonchev–Trinajstić information content (AvgIpc) is 2.85. The molecule has 0 N–H and O–H groups in total. The lowest BCUT2D eigenvalue weighted by Crippen LogP contribution is -2.10. The van der Waals surface area contributed by atoms with E-state index in [9.17, 15) is 4.79 Å². The van der Waals surface area contributed by atoms with Gasteiger partial charge in [-0.3, -0.25) is 4.79 Å². The van der Waals surface area contributed by atoms with Crippen molar-refractivity contribution in [2.24, 2.45) is 0 Å². The highest BCUT2D eigenvalue weighted by atomic mass is 16.1. The van der Waals surface area contributed by atoms with Crippen LogP contribution in [0.4, 0.5) is 0 Å². The molecule has 0 unspecified atom stereocenters. The van der Waals surface area contributed by atoms with Crippen molar-refractivity contribution >= 4 is 5.78 Å². The van der Waals surface area contributed by atoms with Crippen LogP contribution in [-0.2, 0) is 24.2 Å². The second kappa shape index (κ2) is 6.15. The maximum atomic E-state index is 11.9. The number of Topliss-reactive ketones (excluding diaryl/α,β-unsaturated/α-hetero) is 1. The van der Waals surface area contributed by atoms with Gasteiger partial charge in [-0.15, -0.1) is 0 Å². The lowest BCUT2D eigenvalue weighted by atomic mass is 10.1. The number of rotatable bonds is 6. The zero-order chi connectivity index (χ0) is 12.8. The molecule has 94 valence electrons. The fourth-order valence-electron chi connectivity index (χ4n) is 1.99. The van der Waals surface area contributed by atoms with E-state index < -0.39 is 0 Å². The van der Waals surface area contributed by atoms with E-state index in [-0.39, 0.29) is 5.78 Å². The van der Waals surface area contributed by atoms with E-state index in [1.807, 2.05) is 29.0 Å². The summed E-state index contributed by atoms with van der Waals surface area (Å²) in [5.74, 6) is 1.12. The summed E-state index contributed by atoms with van der Waals surface area (Å²) in [6.07, 6.45) is 5.50. The molecule has 0 radical (unpaired) electrons. The molecule has 1 aromatic carbocycles. The number of aromatic nitrogens is 2. The molecule has 1 heterocycles. The van der Waals surface area contributed by atoms with Crippen LogP contribution in [0.25, 0.3) is 0 Å². The molecule has 0 saturated carbocycles. The highest BCUT2D eigenvalue weighted by Gasteiger charge is 2.08. The highest BCUT2D eigenvalue weighted by Crippen LogP contribution is 2.06. The molecule has 0 bridgehead atoms. The predicted molar refractivity (Wildman–Crippen MR) is 71.4 cm³/mol. The van der Waals surface area contributed by atoms with Crippen molar-refractivity contribution in [1.82, 2.24) is 9.55 Å². The maximum absolute atomic E-state index is 11.9. The molecule has 18 heavy (non-hydrogen) atoms. The number of benzene rings is 1. The van der Waals surface area contributed by atoms with Crippen LogP contribution in [0.5, 0.6) is 0 Å². The van der Waals surface area contributed by atoms with Gasteiger partial charge in [-0.25, -0.2) is 4.98 Å². The largest absolute Gasteiger partial charge is 0.335 e. The molecule has 0 spiro atoms. The van der Waals surface area contributed by atoms with E-state index >= 15 is 0 Å². The third-order valence-electron chi connectivity index (χ3n) is 3.03. The van der Waals surface area contributed by atoms with Crippen molar-refractivity contribution in [3.8, 4) is 0 Å². The van der Waals surface area contributed by atoms with E-state index in [0.29, 0.717) is 12.8 Å². The Bertz CT molecular complexity index is 502. The Hall–Kier alpha value is -1.90. The molecular weight excluding hydrogens is 224 g/mol. The first-order chi connectivity index (χ1) is 8.79. The van der Waals surface area contributed by atoms with Gasteiger partial charge in [0, 0.05) is 25.4 Å². The van der Waals surface area contributed by atoms with Crippen LogP contribution in [0.1, 0.15) is 24.7 Å². The van der Waals surface area contributed by atoms with Gasteiger partial charge in [-0.05, 0) is 18.9 Å². The van der Waals surface area contributed by atoms with Crippen molar-refractivity contribution in [1.29, 1.82) is 0 Å². The average molecular weight is 242 g/mol. The van der Waals surface area contributed by atoms with E-state index in [0.717, 1.165) is 18.8 Å². The van der Waals surface area contributed by atoms with Gasteiger partial charge in [-0.2, -0.15) is 0 Å². The first-order valence-electron chi connectivity index (χ1n) is 6.35. The number of carbonyl (C=O) groups is 1. The molecule has 2 aromatic rings. The van der Waals surface area contributed by atoms with Crippen LogP contribution in [0, 0.1) is 0 Å². The molecule has 0 fully saturated rings. The minimum absolute atomic E-state index is 0.250. The molecule has 0 atom stereocenters. The Labute approximate surface area is 107 Å². The van der Waals surface area contributed by atoms with Gasteiger partial charge in [0.25, 0.3) is 0 Å². The number of carbonyl (C=O) groups excluding carboxylic acids is 1. The normalized spacial score (nSPS) is 10.5. The molecule has 0 saturated heterocycles. The predicted octanol–water partition coefficient (Wildman–Crippen LogP) is 2.65. The maximum Gasteiger partial charge on any atom is 0.140 e. The molecule has 3 heteroatoms. The highest BCUT2D eigenvalue weighted by molar-refractivity contribution is 5.80. The zero-order valence-corrected chi connectivity index (χ0v) is 10.7. The molecule has 3 nitrogen and oxygen atoms in total. The van der Waals surface area contributed by atoms with Crippen LogP contribution in [-0.4, -0.2) is 15.3 Å². The Morgan fingerprint density at radius 3 is 2.78 bits per heavy atom. The second-order valence-electron chi connectivity index (χ2n) is 4.33. The summed E-state index contributed by atoms with van der Waals surface area (Å²) in [6.45, 7) is 2.92. The standard InChI is InChI=1S/C15H18N2O/c1-2-17-11-10-16-15(17)12-14(18)9-8-13-6-4-3-5-7-13/h3-7,10-11H,2,8-9,12H2,1H3. The van der Waals surface area contributed by atoms with Crippen LogP contribution >= 0.6 is 0 Å². The summed E-state index contributed by atoms with van der Waals surface area (Å²) in [4.78, 5) is 16.1. The molecule has 1 aromatic heterocycles. The number of hydrogen-bond acceptors (Lipinski definition) is 2. The van der Waals surface area contributed by atoms with Gasteiger partial charge in [0.1, 0.15) is 11.6 Å². The fraction of sp³-hybridized carbons (Fsp3) is 0.333. The number of imidazole rings is 1. The SMILES string of the molecule is CCn1ccnc1CC(=O)CCc1ccccc1. The van der Waals surface area contributed by atoms with Gasteiger partial charge < -0.3 is 4.57 Å². The lowest BCUT2D eigenvalue weighted by Gasteiger charge is -2.04. The molecule has 0 aliphatic heterocycles. The molecule has 2 rings (SSSR count). The Morgan fingerprint density at radius 2 is 2.06 bits per heavy atom. The minimum Gasteiger partial charge on any atom is -0.335 e. The van der Waals surface area contributed by atoms with Crippen LogP contribution < -0.4 is 0 Å². The Balaban J connectivity index is 1.86. The number of nitrogens with zero attached hydrogens (tertiary/aromatic N) is 2. The Morgan fingerprint density at radius 1 is 1.28 bits per heavy atom. The van der Waals surface area contributed by atoms with E-state index in [2.05, 4.69) is 24.0 Å². The van der Waals surface area contributed by atoms with Crippen LogP contribution in [0.2, 0.25) is 0 Å². The zero-order valence-electron chi connectivity index (χ0n) is 10.7. The van der Waals surface area contributed by atoms with Crippen LogP contribution in [0.15, 0.2) is 42.7 Å². The van der Waals surface area contributed by atoms with Gasteiger partial charge in [-0.1, -0.05) is 30.3 Å². The van der Waals surface area contributed by atoms with Crippen molar-refractivity contribution < 1.29 is 4.79 Å². The number of ketones is 1. The van der Waals surface area contributed by atoms with Crippen molar-refractivity contribution in [2.75, 3.05) is 0 Å². The second-order valence-corrected chi connectivity index (χ2v) is 4.33. The van der Waals surface area contributed by atoms with Gasteiger partial charge in [0.15, 0.2) is 0 Å². The third-order valence-corrected chi connectivity index (χ3v) is 3.03. The number of hydrogen-bond donors (Lipinski definition) is 0.